The van der Waals surface area contributed by atoms with Crippen LogP contribution < -0.4 is 25.5 Å². The number of aromatic nitrogens is 5. The molecule has 3 fully saturated rings. The van der Waals surface area contributed by atoms with E-state index in [-0.39, 0.29) is 127 Å². The molecule has 10 rings (SSSR count). The van der Waals surface area contributed by atoms with Crippen LogP contribution in [-0.2, 0) is 71.5 Å². The SMILES string of the molecule is Br.CC(C)(C)S(=O)N=C(CCC1CC1)c1cccnc1.CC(C)(C)S(=O)NC(CCC1CC1)(c1cccnc1)c1ccc(F)c(N)c1.CC(C)(C)S(N)=O.CC(C)O.CC(C)O.CC(C)O.CC(C)O.CN(c1c[c-]ccc1F)[Si](C)(C)C.Cc1cc(C(=O)O)n(-c2cccc(CNC(=O)OC(C)(C)C)c2)n1.O=C(CCC1CC1)c1cccnc1.[H-].[Mg+2].[Ti]. The second kappa shape index (κ2) is 59.3. The molecule has 0 aliphatic heterocycles. The standard InChI is InChI=1S/C21H28FN3OS.C17H21N3O4.C15H22N2OS.C11H13NO.C10H15FNSi.C4H11NOS.4C3H8O.BrH.Mg.Ti.H/c1-20(2,3)27(26)25-21(11-10-15-6-7-15,17-5-4-12-24-14-17)16-8-9-18(22)19(23)13-16;1-11-8-14(15(21)22)20(19-11)13-7-5-6-12(9-13)10-18-16(23)24-17(2,3)4;1-15(2,3)19(18)17-14(9-8-12-6-7-12)13-5-4-10-16-11-13;13-11(6-5-9-3-4-9)10-2-1-7-12-8-10;1-12(13(2,3)4)10-8-6-5-7-9(10)11;1-4(2,3)7(5)6;4*1-3(2)4;;;;/h4-5,8-9,12-15,25H,6-7,10-11,23H2,1-3H3;5-9H,10H2,1-4H3,(H,18,23)(H,21,22);4-5,10-12H,6-9H2,1-3H3;1-2,7-9H,3-6H2;5,7-8H,1-4H3;5H2,1-3H3;4*3-4H,1-2H3;1H;;;/q;;;;-1;;;;;;;+2;;-1. The van der Waals surface area contributed by atoms with E-state index in [1.54, 1.807) is 157 Å². The third kappa shape index (κ3) is 54.3. The first kappa shape index (κ1) is 120. The predicted octanol–water partition coefficient (Wildman–Crippen LogP) is 18.3. The number of nitrogens with two attached hydrogens (primary N) is 2. The van der Waals surface area contributed by atoms with Gasteiger partial charge in [0.2, 0.25) is 0 Å². The third-order valence-corrected chi connectivity index (χ3v) is 23.1. The zero-order valence-electron chi connectivity index (χ0n) is 78.0. The van der Waals surface area contributed by atoms with Crippen molar-refractivity contribution in [1.82, 2.24) is 34.8 Å². The van der Waals surface area contributed by atoms with Crippen LogP contribution in [0.1, 0.15) is 266 Å². The number of aryl methyl sites for hydroxylation is 1. The fourth-order valence-corrected chi connectivity index (χ4v) is 12.0. The van der Waals surface area contributed by atoms with E-state index in [0.717, 1.165) is 77.5 Å². The number of nitrogens with one attached hydrogen (secondary N) is 2. The van der Waals surface area contributed by atoms with Gasteiger partial charge in [0, 0.05) is 113 Å². The van der Waals surface area contributed by atoms with Gasteiger partial charge in [0.1, 0.15) is 30.6 Å². The number of nitrogens with zero attached hydrogens (tertiary/aromatic N) is 7. The Labute approximate surface area is 779 Å². The van der Waals surface area contributed by atoms with Crippen molar-refractivity contribution in [3.63, 3.8) is 0 Å². The number of ether oxygens (including phenoxy) is 1. The molecule has 0 radical (unpaired) electrons. The maximum Gasteiger partial charge on any atom is 2.00 e. The number of rotatable bonds is 22. The van der Waals surface area contributed by atoms with Crippen LogP contribution in [-0.4, -0.2) is 169 Å². The fourth-order valence-electron chi connectivity index (χ4n) is 9.52. The van der Waals surface area contributed by atoms with Crippen LogP contribution in [0.3, 0.4) is 0 Å². The minimum Gasteiger partial charge on any atom is -1.00 e. The number of halogens is 3. The van der Waals surface area contributed by atoms with E-state index in [9.17, 15) is 40.9 Å². The number of alkyl carbamates (subject to hydrolysis) is 1. The molecule has 23 nitrogen and oxygen atoms in total. The maximum atomic E-state index is 13.8. The molecule has 4 heterocycles. The zero-order chi connectivity index (χ0) is 91.0. The van der Waals surface area contributed by atoms with Gasteiger partial charge in [0.15, 0.2) is 11.5 Å². The number of carbonyl (C=O) groups is 3. The molecule has 11 N–H and O–H groups in total. The number of aromatic carboxylic acids is 1. The van der Waals surface area contributed by atoms with Gasteiger partial charge in [-0.25, -0.2) is 40.4 Å². The summed E-state index contributed by atoms with van der Waals surface area (Å²) in [4.78, 5) is 46.9. The number of Topliss-reactive ketones (excluding diaryl/α,β-unsaturated/α-hetero) is 1. The molecule has 0 saturated heterocycles. The number of anilines is 2. The van der Waals surface area contributed by atoms with Crippen molar-refractivity contribution in [2.24, 2.45) is 27.3 Å². The molecule has 3 saturated carbocycles. The van der Waals surface area contributed by atoms with Crippen molar-refractivity contribution >= 4 is 116 Å². The van der Waals surface area contributed by atoms with Crippen LogP contribution in [0, 0.1) is 42.4 Å². The first-order chi connectivity index (χ1) is 55.0. The molecule has 0 spiro atoms. The van der Waals surface area contributed by atoms with Crippen LogP contribution in [0.4, 0.5) is 25.0 Å². The Morgan fingerprint density at radius 2 is 1.14 bits per heavy atom. The summed E-state index contributed by atoms with van der Waals surface area (Å²) in [5.41, 5.74) is 11.9. The van der Waals surface area contributed by atoms with Gasteiger partial charge in [-0.05, 0) is 279 Å². The molecule has 3 aliphatic rings. The van der Waals surface area contributed by atoms with Gasteiger partial charge in [-0.2, -0.15) is 27.7 Å². The molecule has 4 unspecified atom stereocenters. The number of carboxylic acids is 1. The molecule has 0 bridgehead atoms. The second-order valence-corrected chi connectivity index (χ2v) is 46.1. The Hall–Kier alpha value is -5.75. The number of hydrogen-bond acceptors (Lipinski definition) is 17. The van der Waals surface area contributed by atoms with Crippen molar-refractivity contribution < 1.29 is 89.2 Å². The smallest absolute Gasteiger partial charge is 1.00 e. The summed E-state index contributed by atoms with van der Waals surface area (Å²) < 4.78 is 78.3. The number of benzene rings is 3. The number of hydrogen-bond donors (Lipinski definition) is 9. The van der Waals surface area contributed by atoms with E-state index in [0.29, 0.717) is 29.4 Å². The van der Waals surface area contributed by atoms with Gasteiger partial charge in [-0.15, -0.1) is 23.0 Å². The number of carbonyl (C=O) groups excluding carboxylic acids is 2. The Balaban J connectivity index is -0.000000681. The van der Waals surface area contributed by atoms with Crippen LogP contribution in [0.25, 0.3) is 5.69 Å². The second-order valence-electron chi connectivity index (χ2n) is 35.4. The van der Waals surface area contributed by atoms with Crippen LogP contribution in [0.2, 0.25) is 19.6 Å². The number of nitrogen functional groups attached to an aromatic ring is 1. The molecule has 4 atom stereocenters. The average molecular weight is 1890 g/mol. The Bertz CT molecular complexity index is 4190. The molecule has 4 aromatic heterocycles. The Morgan fingerprint density at radius 3 is 1.55 bits per heavy atom. The van der Waals surface area contributed by atoms with Crippen molar-refractivity contribution in [2.45, 2.75) is 298 Å². The predicted molar refractivity (Wildman–Crippen MR) is 504 cm³/mol. The summed E-state index contributed by atoms with van der Waals surface area (Å²) in [6, 6.07) is 32.5. The molecule has 680 valence electrons. The minimum absolute atomic E-state index is 0. The molecule has 7 aromatic rings. The molecule has 1 amide bonds. The summed E-state index contributed by atoms with van der Waals surface area (Å²) in [6.07, 6.45) is 22.6. The molecule has 3 aromatic carbocycles. The number of aliphatic hydroxyl groups is 4. The molecular formula is C90H144BrF2MgN11O12S3SiTi. The topological polar surface area (TPSA) is 361 Å². The molecular weight excluding hydrogens is 1740 g/mol. The van der Waals surface area contributed by atoms with E-state index in [1.165, 1.54) is 61.4 Å². The monoisotopic (exact) mass is 1880 g/mol. The van der Waals surface area contributed by atoms with Gasteiger partial charge in [0.25, 0.3) is 0 Å². The third-order valence-electron chi connectivity index (χ3n) is 16.6. The van der Waals surface area contributed by atoms with Crippen LogP contribution in [0.15, 0.2) is 145 Å². The zero-order valence-corrected chi connectivity index (χ0v) is 85.1. The van der Waals surface area contributed by atoms with Gasteiger partial charge in [0.05, 0.1) is 64.5 Å². The summed E-state index contributed by atoms with van der Waals surface area (Å²) in [6.45, 7) is 44.9. The Morgan fingerprint density at radius 1 is 0.664 bits per heavy atom. The van der Waals surface area contributed by atoms with Crippen molar-refractivity contribution in [2.75, 3.05) is 17.3 Å². The van der Waals surface area contributed by atoms with Gasteiger partial charge in [-0.1, -0.05) is 88.5 Å². The maximum absolute atomic E-state index is 13.8. The van der Waals surface area contributed by atoms with E-state index in [1.807, 2.05) is 123 Å². The van der Waals surface area contributed by atoms with Crippen LogP contribution in [0.5, 0.6) is 0 Å². The number of pyridine rings is 3. The largest absolute Gasteiger partial charge is 2.00 e. The van der Waals surface area contributed by atoms with Crippen LogP contribution >= 0.6 is 17.0 Å². The van der Waals surface area contributed by atoms with E-state index in [4.69, 9.17) is 36.0 Å². The quantitative estimate of drug-likeness (QED) is 0.0100. The van der Waals surface area contributed by atoms with Crippen molar-refractivity contribution in [1.29, 1.82) is 0 Å². The summed E-state index contributed by atoms with van der Waals surface area (Å²) in [5.74, 6) is 0.962. The van der Waals surface area contributed by atoms with Crippen molar-refractivity contribution in [3.8, 4) is 5.69 Å². The van der Waals surface area contributed by atoms with E-state index < -0.39 is 75.0 Å². The van der Waals surface area contributed by atoms with E-state index in [2.05, 4.69) is 60.2 Å². The number of ketones is 1. The first-order valence-corrected chi connectivity index (χ1v) is 47.6. The number of amides is 1. The summed E-state index contributed by atoms with van der Waals surface area (Å²) in [5, 5.41) is 53.4. The minimum atomic E-state index is -1.46. The Kier molecular flexibility index (Phi) is 58.5. The summed E-state index contributed by atoms with van der Waals surface area (Å²) >= 11 is 0. The fraction of sp³-hybridized carbons (Fsp3) is 0.556. The molecule has 3 aliphatic carbocycles. The first-order valence-electron chi connectivity index (χ1n) is 40.6. The van der Waals surface area contributed by atoms with Gasteiger partial charge < -0.3 is 47.3 Å². The van der Waals surface area contributed by atoms with Gasteiger partial charge in [-0.3, -0.25) is 24.9 Å². The van der Waals surface area contributed by atoms with E-state index >= 15 is 0 Å². The molecule has 32 heteroatoms. The van der Waals surface area contributed by atoms with Gasteiger partial charge >= 0.3 is 35.1 Å². The number of aliphatic hydroxyl groups excluding tert-OH is 4. The molecule has 122 heavy (non-hydrogen) atoms. The number of carboxylic acid groups (broad SMARTS) is 1. The summed E-state index contributed by atoms with van der Waals surface area (Å²) in [7, 11) is -3.23. The van der Waals surface area contributed by atoms with Crippen molar-refractivity contribution in [3.05, 3.63) is 197 Å². The normalized spacial score (nSPS) is 14.1. The average Bonchev–Trinajstić information content (AvgIpc) is 1.53.